The Morgan fingerprint density at radius 2 is 2.12 bits per heavy atom. The molecular formula is C5H11NO2. The first kappa shape index (κ1) is 6.01. The molecule has 0 spiro atoms. The standard InChI is InChI=1S/C5H11NO2/c1-7-4-5-8-6-2-3-6/h2-5H2,1H3. The van der Waals surface area contributed by atoms with Gasteiger partial charge in [0.25, 0.3) is 0 Å². The van der Waals surface area contributed by atoms with Gasteiger partial charge in [-0.05, 0) is 0 Å². The molecule has 0 amide bonds. The molecule has 48 valence electrons. The van der Waals surface area contributed by atoms with Crippen LogP contribution >= 0.6 is 0 Å². The molecule has 3 heteroatoms. The van der Waals surface area contributed by atoms with Gasteiger partial charge in [0.2, 0.25) is 0 Å². The average Bonchev–Trinajstić information content (AvgIpc) is 2.51. The Morgan fingerprint density at radius 1 is 1.38 bits per heavy atom. The van der Waals surface area contributed by atoms with Crippen LogP contribution in [0, 0.1) is 0 Å². The van der Waals surface area contributed by atoms with Gasteiger partial charge < -0.3 is 4.74 Å². The summed E-state index contributed by atoms with van der Waals surface area (Å²) in [5.41, 5.74) is 0. The summed E-state index contributed by atoms with van der Waals surface area (Å²) < 4.78 is 4.77. The minimum Gasteiger partial charge on any atom is -0.382 e. The van der Waals surface area contributed by atoms with Crippen molar-refractivity contribution in [1.29, 1.82) is 0 Å². The molecule has 0 saturated carbocycles. The van der Waals surface area contributed by atoms with Gasteiger partial charge in [-0.2, -0.15) is 5.06 Å². The van der Waals surface area contributed by atoms with E-state index in [9.17, 15) is 0 Å². The minimum atomic E-state index is 0.691. The molecule has 0 atom stereocenters. The predicted octanol–water partition coefficient (Wildman–Crippen LogP) is -0.120. The van der Waals surface area contributed by atoms with Crippen LogP contribution < -0.4 is 0 Å². The van der Waals surface area contributed by atoms with E-state index in [-0.39, 0.29) is 0 Å². The number of hydrogen-bond donors (Lipinski definition) is 0. The van der Waals surface area contributed by atoms with Crippen molar-refractivity contribution in [2.75, 3.05) is 33.4 Å². The number of nitrogens with zero attached hydrogens (tertiary/aromatic N) is 1. The van der Waals surface area contributed by atoms with Crippen molar-refractivity contribution in [2.45, 2.75) is 0 Å². The normalized spacial score (nSPS) is 19.1. The maximum atomic E-state index is 5.10. The van der Waals surface area contributed by atoms with E-state index in [1.54, 1.807) is 7.11 Å². The second kappa shape index (κ2) is 3.02. The molecular weight excluding hydrogens is 106 g/mol. The largest absolute Gasteiger partial charge is 0.382 e. The molecule has 1 aliphatic heterocycles. The van der Waals surface area contributed by atoms with E-state index >= 15 is 0 Å². The summed E-state index contributed by atoms with van der Waals surface area (Å²) in [6, 6.07) is 0. The Balaban J connectivity index is 1.74. The van der Waals surface area contributed by atoms with Crippen LogP contribution in [0.4, 0.5) is 0 Å². The fourth-order valence-corrected chi connectivity index (χ4v) is 0.420. The lowest BCUT2D eigenvalue weighted by molar-refractivity contribution is -0.0810. The van der Waals surface area contributed by atoms with E-state index in [0.29, 0.717) is 13.2 Å². The Morgan fingerprint density at radius 3 is 2.62 bits per heavy atom. The van der Waals surface area contributed by atoms with Crippen LogP contribution in [0.2, 0.25) is 0 Å². The van der Waals surface area contributed by atoms with E-state index < -0.39 is 0 Å². The first-order valence-electron chi connectivity index (χ1n) is 2.80. The zero-order chi connectivity index (χ0) is 5.82. The molecule has 0 aromatic carbocycles. The van der Waals surface area contributed by atoms with Gasteiger partial charge in [0, 0.05) is 20.2 Å². The van der Waals surface area contributed by atoms with Gasteiger partial charge in [0.05, 0.1) is 13.2 Å². The number of hydroxylamine groups is 2. The van der Waals surface area contributed by atoms with Crippen molar-refractivity contribution >= 4 is 0 Å². The van der Waals surface area contributed by atoms with Crippen LogP contribution in [0.25, 0.3) is 0 Å². The van der Waals surface area contributed by atoms with Gasteiger partial charge in [0.15, 0.2) is 0 Å². The Bertz CT molecular complexity index is 63.4. The second-order valence-electron chi connectivity index (χ2n) is 1.76. The molecule has 0 aromatic heterocycles. The third-order valence-electron chi connectivity index (χ3n) is 0.967. The van der Waals surface area contributed by atoms with Crippen molar-refractivity contribution in [2.24, 2.45) is 0 Å². The third kappa shape index (κ3) is 2.26. The van der Waals surface area contributed by atoms with Crippen molar-refractivity contribution in [1.82, 2.24) is 5.06 Å². The third-order valence-corrected chi connectivity index (χ3v) is 0.967. The topological polar surface area (TPSA) is 21.5 Å². The average molecular weight is 117 g/mol. The summed E-state index contributed by atoms with van der Waals surface area (Å²) in [5.74, 6) is 0. The Kier molecular flexibility index (Phi) is 2.27. The molecule has 0 N–H and O–H groups in total. The quantitative estimate of drug-likeness (QED) is 0.378. The van der Waals surface area contributed by atoms with Crippen LogP contribution in [-0.4, -0.2) is 38.5 Å². The van der Waals surface area contributed by atoms with Crippen LogP contribution in [-0.2, 0) is 9.57 Å². The van der Waals surface area contributed by atoms with Crippen molar-refractivity contribution in [3.8, 4) is 0 Å². The van der Waals surface area contributed by atoms with Crippen LogP contribution in [0.5, 0.6) is 0 Å². The highest BCUT2D eigenvalue weighted by Gasteiger charge is 2.16. The van der Waals surface area contributed by atoms with Gasteiger partial charge >= 0.3 is 0 Å². The molecule has 1 saturated heterocycles. The fraction of sp³-hybridized carbons (Fsp3) is 1.00. The molecule has 1 aliphatic rings. The molecule has 0 bridgehead atoms. The summed E-state index contributed by atoms with van der Waals surface area (Å²) in [5, 5.41) is 1.90. The zero-order valence-electron chi connectivity index (χ0n) is 5.09. The monoisotopic (exact) mass is 117 g/mol. The first-order valence-corrected chi connectivity index (χ1v) is 2.80. The zero-order valence-corrected chi connectivity index (χ0v) is 5.09. The lowest BCUT2D eigenvalue weighted by Crippen LogP contribution is -2.05. The second-order valence-corrected chi connectivity index (χ2v) is 1.76. The molecule has 1 heterocycles. The molecule has 0 aromatic rings. The first-order chi connectivity index (χ1) is 3.93. The number of hydrogen-bond acceptors (Lipinski definition) is 3. The van der Waals surface area contributed by atoms with E-state index in [1.807, 2.05) is 5.06 Å². The highest BCUT2D eigenvalue weighted by molar-refractivity contribution is 4.60. The molecule has 1 rings (SSSR count). The molecule has 0 aliphatic carbocycles. The molecule has 8 heavy (non-hydrogen) atoms. The number of rotatable bonds is 4. The van der Waals surface area contributed by atoms with Crippen LogP contribution in [0.15, 0.2) is 0 Å². The van der Waals surface area contributed by atoms with Crippen molar-refractivity contribution in [3.63, 3.8) is 0 Å². The number of methoxy groups -OCH3 is 1. The van der Waals surface area contributed by atoms with Crippen LogP contribution in [0.1, 0.15) is 0 Å². The van der Waals surface area contributed by atoms with Gasteiger partial charge in [-0.3, -0.25) is 4.84 Å². The maximum absolute atomic E-state index is 5.10. The fourth-order valence-electron chi connectivity index (χ4n) is 0.420. The highest BCUT2D eigenvalue weighted by Crippen LogP contribution is 2.02. The molecule has 1 fully saturated rings. The lowest BCUT2D eigenvalue weighted by atomic mass is 10.8. The predicted molar refractivity (Wildman–Crippen MR) is 29.4 cm³/mol. The maximum Gasteiger partial charge on any atom is 0.0918 e. The van der Waals surface area contributed by atoms with Crippen LogP contribution in [0.3, 0.4) is 0 Å². The minimum absolute atomic E-state index is 0.691. The highest BCUT2D eigenvalue weighted by atomic mass is 16.7. The van der Waals surface area contributed by atoms with Gasteiger partial charge in [0.1, 0.15) is 0 Å². The van der Waals surface area contributed by atoms with Crippen molar-refractivity contribution < 1.29 is 9.57 Å². The molecule has 3 nitrogen and oxygen atoms in total. The molecule has 0 radical (unpaired) electrons. The van der Waals surface area contributed by atoms with E-state index in [4.69, 9.17) is 9.57 Å². The van der Waals surface area contributed by atoms with Crippen molar-refractivity contribution in [3.05, 3.63) is 0 Å². The van der Waals surface area contributed by atoms with Gasteiger partial charge in [-0.25, -0.2) is 0 Å². The lowest BCUT2D eigenvalue weighted by Gasteiger charge is -1.99. The van der Waals surface area contributed by atoms with E-state index in [2.05, 4.69) is 0 Å². The summed E-state index contributed by atoms with van der Waals surface area (Å²) in [7, 11) is 1.67. The summed E-state index contributed by atoms with van der Waals surface area (Å²) in [6.45, 7) is 3.56. The summed E-state index contributed by atoms with van der Waals surface area (Å²) in [4.78, 5) is 5.10. The molecule has 0 unspecified atom stereocenters. The summed E-state index contributed by atoms with van der Waals surface area (Å²) >= 11 is 0. The van der Waals surface area contributed by atoms with Gasteiger partial charge in [-0.1, -0.05) is 0 Å². The van der Waals surface area contributed by atoms with Gasteiger partial charge in [-0.15, -0.1) is 0 Å². The summed E-state index contributed by atoms with van der Waals surface area (Å²) in [6.07, 6.45) is 0. The van der Waals surface area contributed by atoms with E-state index in [0.717, 1.165) is 13.1 Å². The van der Waals surface area contributed by atoms with E-state index in [1.165, 1.54) is 0 Å². The smallest absolute Gasteiger partial charge is 0.0918 e. The number of ether oxygens (including phenoxy) is 1. The Hall–Kier alpha value is -0.120. The SMILES string of the molecule is COCCON1CC1. The Labute approximate surface area is 49.1 Å².